The van der Waals surface area contributed by atoms with Crippen LogP contribution < -0.4 is 10.5 Å². The molecule has 0 radical (unpaired) electrons. The van der Waals surface area contributed by atoms with Gasteiger partial charge in [-0.25, -0.2) is 4.98 Å². The van der Waals surface area contributed by atoms with Crippen molar-refractivity contribution in [1.82, 2.24) is 4.98 Å². The summed E-state index contributed by atoms with van der Waals surface area (Å²) < 4.78 is 10.3. The van der Waals surface area contributed by atoms with Crippen LogP contribution >= 0.6 is 0 Å². The summed E-state index contributed by atoms with van der Waals surface area (Å²) in [6, 6.07) is 3.74. The molecule has 0 aliphatic carbocycles. The highest BCUT2D eigenvalue weighted by Gasteiger charge is 1.95. The summed E-state index contributed by atoms with van der Waals surface area (Å²) in [6.07, 6.45) is 2.60. The lowest BCUT2D eigenvalue weighted by Crippen LogP contribution is -2.03. The van der Waals surface area contributed by atoms with Gasteiger partial charge in [0.05, 0.1) is 6.61 Å². The van der Waals surface area contributed by atoms with Crippen molar-refractivity contribution >= 4 is 0 Å². The average molecular weight is 196 g/mol. The molecule has 1 heterocycles. The van der Waals surface area contributed by atoms with Gasteiger partial charge in [-0.3, -0.25) is 0 Å². The van der Waals surface area contributed by atoms with Crippen LogP contribution in [0.4, 0.5) is 0 Å². The number of methoxy groups -OCH3 is 1. The van der Waals surface area contributed by atoms with Crippen LogP contribution in [0, 0.1) is 0 Å². The lowest BCUT2D eigenvalue weighted by molar-refractivity contribution is 0.170. The van der Waals surface area contributed by atoms with Crippen LogP contribution in [-0.4, -0.2) is 25.3 Å². The summed E-state index contributed by atoms with van der Waals surface area (Å²) in [4.78, 5) is 4.10. The van der Waals surface area contributed by atoms with Gasteiger partial charge < -0.3 is 15.2 Å². The maximum absolute atomic E-state index is 5.44. The third-order valence-corrected chi connectivity index (χ3v) is 1.78. The molecule has 0 aromatic carbocycles. The Labute approximate surface area is 84.0 Å². The lowest BCUT2D eigenvalue weighted by atomic mass is 10.3. The molecule has 14 heavy (non-hydrogen) atoms. The van der Waals surface area contributed by atoms with E-state index in [2.05, 4.69) is 4.98 Å². The fourth-order valence-corrected chi connectivity index (χ4v) is 0.997. The minimum Gasteiger partial charge on any atom is -0.478 e. The van der Waals surface area contributed by atoms with E-state index in [-0.39, 0.29) is 0 Å². The number of hydrogen-bond donors (Lipinski definition) is 1. The Morgan fingerprint density at radius 1 is 1.36 bits per heavy atom. The quantitative estimate of drug-likeness (QED) is 0.688. The summed E-state index contributed by atoms with van der Waals surface area (Å²) in [5, 5.41) is 0. The molecule has 4 heteroatoms. The molecule has 0 amide bonds. The highest BCUT2D eigenvalue weighted by molar-refractivity contribution is 5.17. The van der Waals surface area contributed by atoms with E-state index >= 15 is 0 Å². The Kier molecular flexibility index (Phi) is 4.96. The van der Waals surface area contributed by atoms with Gasteiger partial charge in [0.2, 0.25) is 5.88 Å². The number of rotatable bonds is 6. The van der Waals surface area contributed by atoms with Crippen molar-refractivity contribution in [3.05, 3.63) is 23.9 Å². The molecule has 4 nitrogen and oxygen atoms in total. The number of hydrogen-bond acceptors (Lipinski definition) is 4. The Bertz CT molecular complexity index is 249. The summed E-state index contributed by atoms with van der Waals surface area (Å²) in [5.74, 6) is 0.637. The molecule has 1 aromatic heterocycles. The second-order valence-electron chi connectivity index (χ2n) is 2.90. The van der Waals surface area contributed by atoms with Gasteiger partial charge in [-0.05, 0) is 5.56 Å². The number of aromatic nitrogens is 1. The van der Waals surface area contributed by atoms with E-state index in [4.69, 9.17) is 15.2 Å². The molecule has 0 unspecified atom stereocenters. The zero-order valence-corrected chi connectivity index (χ0v) is 8.40. The highest BCUT2D eigenvalue weighted by Crippen LogP contribution is 2.07. The maximum atomic E-state index is 5.44. The highest BCUT2D eigenvalue weighted by atomic mass is 16.5. The lowest BCUT2D eigenvalue weighted by Gasteiger charge is -2.04. The van der Waals surface area contributed by atoms with Gasteiger partial charge in [0.25, 0.3) is 0 Å². The molecule has 0 saturated carbocycles. The third-order valence-electron chi connectivity index (χ3n) is 1.78. The van der Waals surface area contributed by atoms with Gasteiger partial charge in [-0.1, -0.05) is 6.07 Å². The molecule has 0 bridgehead atoms. The second-order valence-corrected chi connectivity index (χ2v) is 2.90. The molecule has 0 spiro atoms. The van der Waals surface area contributed by atoms with Crippen molar-refractivity contribution in [3.63, 3.8) is 0 Å². The first-order valence-corrected chi connectivity index (χ1v) is 4.63. The van der Waals surface area contributed by atoms with E-state index in [9.17, 15) is 0 Å². The smallest absolute Gasteiger partial charge is 0.213 e. The summed E-state index contributed by atoms with van der Waals surface area (Å²) >= 11 is 0. The average Bonchev–Trinajstić information content (AvgIpc) is 2.25. The van der Waals surface area contributed by atoms with Crippen LogP contribution in [0.1, 0.15) is 12.0 Å². The molecular formula is C10H16N2O2. The van der Waals surface area contributed by atoms with Crippen molar-refractivity contribution in [1.29, 1.82) is 0 Å². The predicted octanol–water partition coefficient (Wildman–Crippen LogP) is 0.956. The minimum atomic E-state index is 0.511. The van der Waals surface area contributed by atoms with E-state index in [1.54, 1.807) is 13.3 Å². The minimum absolute atomic E-state index is 0.511. The van der Waals surface area contributed by atoms with E-state index in [1.165, 1.54) is 0 Å². The Morgan fingerprint density at radius 3 is 2.79 bits per heavy atom. The Balaban J connectivity index is 2.29. The van der Waals surface area contributed by atoms with Crippen molar-refractivity contribution in [3.8, 4) is 5.88 Å². The number of pyridine rings is 1. The van der Waals surface area contributed by atoms with Crippen molar-refractivity contribution in [2.24, 2.45) is 5.73 Å². The molecule has 0 saturated heterocycles. The summed E-state index contributed by atoms with van der Waals surface area (Å²) in [5.41, 5.74) is 6.45. The standard InChI is InChI=1S/C10H16N2O2/c1-13-5-2-6-14-10-4-3-9(7-11)8-12-10/h3-4,8H,2,5-7,11H2,1H3. The monoisotopic (exact) mass is 196 g/mol. The Morgan fingerprint density at radius 2 is 2.21 bits per heavy atom. The number of nitrogens with two attached hydrogens (primary N) is 1. The van der Waals surface area contributed by atoms with Gasteiger partial charge >= 0.3 is 0 Å². The zero-order chi connectivity index (χ0) is 10.2. The molecule has 0 aliphatic rings. The molecule has 0 fully saturated rings. The van der Waals surface area contributed by atoms with Gasteiger partial charge in [-0.2, -0.15) is 0 Å². The molecule has 78 valence electrons. The largest absolute Gasteiger partial charge is 0.478 e. The molecule has 0 aliphatic heterocycles. The topological polar surface area (TPSA) is 57.4 Å². The van der Waals surface area contributed by atoms with Crippen molar-refractivity contribution in [2.75, 3.05) is 20.3 Å². The van der Waals surface area contributed by atoms with Crippen LogP contribution in [0.2, 0.25) is 0 Å². The van der Waals surface area contributed by atoms with Gasteiger partial charge in [-0.15, -0.1) is 0 Å². The van der Waals surface area contributed by atoms with Crippen LogP contribution in [0.3, 0.4) is 0 Å². The summed E-state index contributed by atoms with van der Waals surface area (Å²) in [7, 11) is 1.67. The second kappa shape index (κ2) is 6.34. The SMILES string of the molecule is COCCCOc1ccc(CN)cn1. The summed E-state index contributed by atoms with van der Waals surface area (Å²) in [6.45, 7) is 1.85. The van der Waals surface area contributed by atoms with Gasteiger partial charge in [0.1, 0.15) is 0 Å². The zero-order valence-electron chi connectivity index (χ0n) is 8.40. The first-order chi connectivity index (χ1) is 6.86. The van der Waals surface area contributed by atoms with Gasteiger partial charge in [0.15, 0.2) is 0 Å². The molecule has 0 atom stereocenters. The van der Waals surface area contributed by atoms with E-state index in [0.717, 1.165) is 12.0 Å². The molecule has 2 N–H and O–H groups in total. The van der Waals surface area contributed by atoms with Crippen LogP contribution in [0.5, 0.6) is 5.88 Å². The Hall–Kier alpha value is -1.13. The van der Waals surface area contributed by atoms with Gasteiger partial charge in [0, 0.05) is 38.9 Å². The van der Waals surface area contributed by atoms with Crippen molar-refractivity contribution < 1.29 is 9.47 Å². The predicted molar refractivity (Wildman–Crippen MR) is 54.1 cm³/mol. The number of ether oxygens (including phenoxy) is 2. The molecular weight excluding hydrogens is 180 g/mol. The third kappa shape index (κ3) is 3.72. The fourth-order valence-electron chi connectivity index (χ4n) is 0.997. The first-order valence-electron chi connectivity index (χ1n) is 4.63. The number of nitrogens with zero attached hydrogens (tertiary/aromatic N) is 1. The maximum Gasteiger partial charge on any atom is 0.213 e. The van der Waals surface area contributed by atoms with Crippen LogP contribution in [-0.2, 0) is 11.3 Å². The molecule has 1 aromatic rings. The van der Waals surface area contributed by atoms with Crippen molar-refractivity contribution in [2.45, 2.75) is 13.0 Å². The first kappa shape index (κ1) is 10.9. The van der Waals surface area contributed by atoms with Crippen LogP contribution in [0.25, 0.3) is 0 Å². The van der Waals surface area contributed by atoms with E-state index in [1.807, 2.05) is 12.1 Å². The fraction of sp³-hybridized carbons (Fsp3) is 0.500. The molecule has 1 rings (SSSR count). The van der Waals surface area contributed by atoms with Crippen LogP contribution in [0.15, 0.2) is 18.3 Å². The van der Waals surface area contributed by atoms with E-state index in [0.29, 0.717) is 25.6 Å². The van der Waals surface area contributed by atoms with E-state index < -0.39 is 0 Å². The normalized spacial score (nSPS) is 10.1.